The van der Waals surface area contributed by atoms with Crippen LogP contribution in [-0.4, -0.2) is 73.2 Å². The van der Waals surface area contributed by atoms with Crippen molar-refractivity contribution in [2.75, 3.05) is 32.2 Å². The molecule has 0 aliphatic carbocycles. The van der Waals surface area contributed by atoms with Gasteiger partial charge in [-0.2, -0.15) is 0 Å². The Labute approximate surface area is 162 Å². The van der Waals surface area contributed by atoms with Gasteiger partial charge in [0.2, 0.25) is 0 Å². The summed E-state index contributed by atoms with van der Waals surface area (Å²) in [5, 5.41) is 12.8. The van der Waals surface area contributed by atoms with Crippen molar-refractivity contribution in [1.82, 2.24) is 4.90 Å². The highest BCUT2D eigenvalue weighted by Crippen LogP contribution is 2.28. The number of rotatable bonds is 3. The summed E-state index contributed by atoms with van der Waals surface area (Å²) < 4.78 is 29.6. The number of halogens is 1. The van der Waals surface area contributed by atoms with Crippen molar-refractivity contribution in [2.45, 2.75) is 43.6 Å². The fourth-order valence-electron chi connectivity index (χ4n) is 3.61. The van der Waals surface area contributed by atoms with Crippen molar-refractivity contribution in [2.24, 2.45) is 0 Å². The first kappa shape index (κ1) is 20.5. The molecule has 0 bridgehead atoms. The molecule has 0 aromatic heterocycles. The van der Waals surface area contributed by atoms with E-state index in [0.29, 0.717) is 18.5 Å². The number of benzene rings is 1. The standard InChI is InChI=1S/C19H25FN2O6/c1-26-18(24)8-15-5-6-16-17(28-15)11-27-10-14(23)9-22(16)19(25)21-13-4-2-3-12(20)7-13/h2-4,7,14-17,23H,5-6,8-11H2,1H3,(H,21,25)/t14-,15-,16-,17+/m1/s1. The van der Waals surface area contributed by atoms with Crippen molar-refractivity contribution in [1.29, 1.82) is 0 Å². The molecule has 3 rings (SSSR count). The largest absolute Gasteiger partial charge is 0.469 e. The number of carbonyl (C=O) groups is 2. The minimum atomic E-state index is -0.841. The van der Waals surface area contributed by atoms with Crippen LogP contribution in [0.1, 0.15) is 19.3 Å². The Morgan fingerprint density at radius 3 is 2.93 bits per heavy atom. The summed E-state index contributed by atoms with van der Waals surface area (Å²) in [6.07, 6.45) is -0.302. The lowest BCUT2D eigenvalue weighted by atomic mass is 9.95. The zero-order chi connectivity index (χ0) is 20.1. The Kier molecular flexibility index (Phi) is 6.82. The maximum atomic E-state index is 13.4. The molecule has 2 heterocycles. The first-order chi connectivity index (χ1) is 13.5. The van der Waals surface area contributed by atoms with Gasteiger partial charge >= 0.3 is 12.0 Å². The van der Waals surface area contributed by atoms with E-state index in [1.165, 1.54) is 30.2 Å². The molecule has 2 N–H and O–H groups in total. The van der Waals surface area contributed by atoms with Crippen LogP contribution in [0.25, 0.3) is 0 Å². The fraction of sp³-hybridized carbons (Fsp3) is 0.579. The number of ether oxygens (including phenoxy) is 3. The summed E-state index contributed by atoms with van der Waals surface area (Å²) in [5.41, 5.74) is 0.328. The van der Waals surface area contributed by atoms with Crippen LogP contribution >= 0.6 is 0 Å². The third kappa shape index (κ3) is 5.18. The summed E-state index contributed by atoms with van der Waals surface area (Å²) in [6.45, 7) is 0.328. The van der Waals surface area contributed by atoms with Crippen molar-refractivity contribution < 1.29 is 33.3 Å². The molecular weight excluding hydrogens is 371 g/mol. The number of urea groups is 1. The van der Waals surface area contributed by atoms with Gasteiger partial charge in [0.1, 0.15) is 11.9 Å². The summed E-state index contributed by atoms with van der Waals surface area (Å²) in [7, 11) is 1.33. The fourth-order valence-corrected chi connectivity index (χ4v) is 3.61. The number of fused-ring (bicyclic) bond motifs is 1. The maximum Gasteiger partial charge on any atom is 0.322 e. The summed E-state index contributed by atoms with van der Waals surface area (Å²) >= 11 is 0. The average molecular weight is 396 g/mol. The highest BCUT2D eigenvalue weighted by molar-refractivity contribution is 5.89. The molecule has 2 amide bonds. The van der Waals surface area contributed by atoms with E-state index in [9.17, 15) is 19.1 Å². The number of amides is 2. The van der Waals surface area contributed by atoms with E-state index in [1.54, 1.807) is 6.07 Å². The van der Waals surface area contributed by atoms with Gasteiger partial charge < -0.3 is 29.5 Å². The number of anilines is 1. The number of aliphatic hydroxyl groups is 1. The molecule has 28 heavy (non-hydrogen) atoms. The molecule has 154 valence electrons. The second-order valence-electron chi connectivity index (χ2n) is 7.01. The first-order valence-electron chi connectivity index (χ1n) is 9.27. The third-order valence-electron chi connectivity index (χ3n) is 4.94. The summed E-state index contributed by atoms with van der Waals surface area (Å²) in [4.78, 5) is 25.9. The predicted molar refractivity (Wildman–Crippen MR) is 97.3 cm³/mol. The van der Waals surface area contributed by atoms with E-state index in [0.717, 1.165) is 0 Å². The van der Waals surface area contributed by atoms with Crippen LogP contribution < -0.4 is 5.32 Å². The molecule has 1 aromatic carbocycles. The smallest absolute Gasteiger partial charge is 0.322 e. The van der Waals surface area contributed by atoms with Crippen LogP contribution in [0, 0.1) is 5.82 Å². The number of carbonyl (C=O) groups excluding carboxylic acids is 2. The van der Waals surface area contributed by atoms with Crippen LogP contribution in [-0.2, 0) is 19.0 Å². The van der Waals surface area contributed by atoms with E-state index < -0.39 is 24.1 Å². The molecule has 2 saturated heterocycles. The molecule has 4 atom stereocenters. The van der Waals surface area contributed by atoms with E-state index in [1.807, 2.05) is 0 Å². The minimum absolute atomic E-state index is 0.0628. The SMILES string of the molecule is COC(=O)C[C@H]1CC[C@@H]2[C@H](COC[C@H](O)CN2C(=O)Nc2cccc(F)c2)O1. The molecule has 0 unspecified atom stereocenters. The van der Waals surface area contributed by atoms with Crippen LogP contribution in [0.15, 0.2) is 24.3 Å². The number of β-amino-alcohol motifs (C(OH)–C–C–N with tert-alkyl or cyclic N) is 1. The Hall–Kier alpha value is -2.23. The maximum absolute atomic E-state index is 13.4. The lowest BCUT2D eigenvalue weighted by molar-refractivity contribution is -0.159. The van der Waals surface area contributed by atoms with Crippen LogP contribution in [0.5, 0.6) is 0 Å². The van der Waals surface area contributed by atoms with E-state index in [2.05, 4.69) is 5.32 Å². The van der Waals surface area contributed by atoms with Gasteiger partial charge in [-0.25, -0.2) is 9.18 Å². The highest BCUT2D eigenvalue weighted by atomic mass is 19.1. The Morgan fingerprint density at radius 2 is 2.18 bits per heavy atom. The molecule has 9 heteroatoms. The molecule has 2 fully saturated rings. The Balaban J connectivity index is 1.72. The number of methoxy groups -OCH3 is 1. The van der Waals surface area contributed by atoms with Crippen LogP contribution in [0.3, 0.4) is 0 Å². The monoisotopic (exact) mass is 396 g/mol. The van der Waals surface area contributed by atoms with Crippen molar-refractivity contribution in [3.8, 4) is 0 Å². The van der Waals surface area contributed by atoms with Gasteiger partial charge in [-0.05, 0) is 31.0 Å². The molecule has 1 aromatic rings. The van der Waals surface area contributed by atoms with Crippen molar-refractivity contribution in [3.63, 3.8) is 0 Å². The molecule has 2 aliphatic heterocycles. The molecule has 0 spiro atoms. The van der Waals surface area contributed by atoms with Gasteiger partial charge in [-0.3, -0.25) is 4.79 Å². The van der Waals surface area contributed by atoms with Gasteiger partial charge in [0, 0.05) is 5.69 Å². The number of esters is 1. The normalized spacial score (nSPS) is 27.9. The van der Waals surface area contributed by atoms with E-state index in [4.69, 9.17) is 14.2 Å². The third-order valence-corrected chi connectivity index (χ3v) is 4.94. The van der Waals surface area contributed by atoms with Crippen LogP contribution in [0.4, 0.5) is 14.9 Å². The van der Waals surface area contributed by atoms with Gasteiger partial charge in [0.25, 0.3) is 0 Å². The van der Waals surface area contributed by atoms with Gasteiger partial charge in [0.05, 0.1) is 51.5 Å². The Morgan fingerprint density at radius 1 is 1.36 bits per heavy atom. The zero-order valence-electron chi connectivity index (χ0n) is 15.7. The Bertz CT molecular complexity index is 703. The zero-order valence-corrected chi connectivity index (χ0v) is 15.7. The molecule has 2 aliphatic rings. The molecule has 8 nitrogen and oxygen atoms in total. The number of aliphatic hydroxyl groups excluding tert-OH is 1. The summed E-state index contributed by atoms with van der Waals surface area (Å²) in [5.74, 6) is -0.810. The summed E-state index contributed by atoms with van der Waals surface area (Å²) in [6, 6.07) is 4.83. The molecule has 0 radical (unpaired) electrons. The number of hydrogen-bond donors (Lipinski definition) is 2. The minimum Gasteiger partial charge on any atom is -0.469 e. The van der Waals surface area contributed by atoms with E-state index in [-0.39, 0.29) is 44.3 Å². The predicted octanol–water partition coefficient (Wildman–Crippen LogP) is 1.53. The number of nitrogens with zero attached hydrogens (tertiary/aromatic N) is 1. The number of nitrogens with one attached hydrogen (secondary N) is 1. The van der Waals surface area contributed by atoms with Crippen molar-refractivity contribution in [3.05, 3.63) is 30.1 Å². The lowest BCUT2D eigenvalue weighted by Gasteiger charge is -2.44. The molecular formula is C19H25FN2O6. The highest BCUT2D eigenvalue weighted by Gasteiger charge is 2.40. The second-order valence-corrected chi connectivity index (χ2v) is 7.01. The first-order valence-corrected chi connectivity index (χ1v) is 9.27. The second kappa shape index (κ2) is 9.31. The quantitative estimate of drug-likeness (QED) is 0.752. The van der Waals surface area contributed by atoms with Gasteiger partial charge in [0.15, 0.2) is 0 Å². The van der Waals surface area contributed by atoms with E-state index >= 15 is 0 Å². The topological polar surface area (TPSA) is 97.3 Å². The van der Waals surface area contributed by atoms with Gasteiger partial charge in [-0.15, -0.1) is 0 Å². The average Bonchev–Trinajstić information content (AvgIpc) is 2.65. The number of hydrogen-bond acceptors (Lipinski definition) is 6. The van der Waals surface area contributed by atoms with Crippen LogP contribution in [0.2, 0.25) is 0 Å². The lowest BCUT2D eigenvalue weighted by Crippen LogP contribution is -2.58. The molecule has 0 saturated carbocycles. The van der Waals surface area contributed by atoms with Crippen molar-refractivity contribution >= 4 is 17.7 Å². The van der Waals surface area contributed by atoms with Gasteiger partial charge in [-0.1, -0.05) is 6.07 Å².